The van der Waals surface area contributed by atoms with Gasteiger partial charge in [0.2, 0.25) is 0 Å². The number of hydrogen-bond acceptors (Lipinski definition) is 4. The van der Waals surface area contributed by atoms with E-state index < -0.39 is 0 Å². The van der Waals surface area contributed by atoms with Crippen LogP contribution in [0.1, 0.15) is 58.0 Å². The van der Waals surface area contributed by atoms with E-state index in [9.17, 15) is 0 Å². The first-order valence-corrected chi connectivity index (χ1v) is 6.92. The number of hydrogen-bond donors (Lipinski definition) is 2. The van der Waals surface area contributed by atoms with Crippen LogP contribution in [-0.2, 0) is 6.54 Å². The quantitative estimate of drug-likeness (QED) is 0.812. The molecule has 1 saturated carbocycles. The van der Waals surface area contributed by atoms with Gasteiger partial charge in [-0.15, -0.1) is 0 Å². The molecule has 0 bridgehead atoms. The van der Waals surface area contributed by atoms with Crippen molar-refractivity contribution in [2.75, 3.05) is 5.32 Å². The van der Waals surface area contributed by atoms with E-state index in [4.69, 9.17) is 0 Å². The van der Waals surface area contributed by atoms with E-state index in [0.29, 0.717) is 18.0 Å². The molecule has 0 unspecified atom stereocenters. The second-order valence-electron chi connectivity index (χ2n) is 5.70. The summed E-state index contributed by atoms with van der Waals surface area (Å²) < 4.78 is 0. The fraction of sp³-hybridized carbons (Fsp3) is 0.714. The highest BCUT2D eigenvalue weighted by Crippen LogP contribution is 2.26. The van der Waals surface area contributed by atoms with Gasteiger partial charge in [0.1, 0.15) is 5.82 Å². The molecule has 100 valence electrons. The van der Waals surface area contributed by atoms with Gasteiger partial charge in [-0.05, 0) is 12.8 Å². The molecule has 0 amide bonds. The zero-order chi connectivity index (χ0) is 13.1. The summed E-state index contributed by atoms with van der Waals surface area (Å²) >= 11 is 0. The van der Waals surface area contributed by atoms with E-state index in [0.717, 1.165) is 23.8 Å². The molecule has 0 atom stereocenters. The van der Waals surface area contributed by atoms with Gasteiger partial charge in [-0.1, -0.05) is 27.7 Å². The van der Waals surface area contributed by atoms with Crippen LogP contribution in [0.2, 0.25) is 0 Å². The Labute approximate surface area is 110 Å². The SMILES string of the molecule is CC(C)NCc1nc(C(C)C)ncc1NC1CC1. The smallest absolute Gasteiger partial charge is 0.131 e. The van der Waals surface area contributed by atoms with Gasteiger partial charge in [-0.2, -0.15) is 0 Å². The van der Waals surface area contributed by atoms with Crippen LogP contribution in [0.5, 0.6) is 0 Å². The highest BCUT2D eigenvalue weighted by Gasteiger charge is 2.22. The van der Waals surface area contributed by atoms with Gasteiger partial charge in [0, 0.05) is 24.5 Å². The summed E-state index contributed by atoms with van der Waals surface area (Å²) in [6.45, 7) is 9.36. The van der Waals surface area contributed by atoms with Gasteiger partial charge < -0.3 is 10.6 Å². The monoisotopic (exact) mass is 248 g/mol. The summed E-state index contributed by atoms with van der Waals surface area (Å²) in [5.74, 6) is 1.30. The van der Waals surface area contributed by atoms with Crippen molar-refractivity contribution in [2.45, 2.75) is 65.1 Å². The van der Waals surface area contributed by atoms with Crippen molar-refractivity contribution in [3.8, 4) is 0 Å². The Morgan fingerprint density at radius 1 is 1.28 bits per heavy atom. The number of rotatable bonds is 6. The zero-order valence-electron chi connectivity index (χ0n) is 11.8. The zero-order valence-corrected chi connectivity index (χ0v) is 11.8. The van der Waals surface area contributed by atoms with E-state index in [2.05, 4.69) is 48.3 Å². The first-order valence-electron chi connectivity index (χ1n) is 6.92. The molecule has 0 saturated heterocycles. The first-order chi connectivity index (χ1) is 8.56. The summed E-state index contributed by atoms with van der Waals surface area (Å²) in [6, 6.07) is 1.10. The maximum atomic E-state index is 4.69. The van der Waals surface area contributed by atoms with Gasteiger partial charge >= 0.3 is 0 Å². The average Bonchev–Trinajstić information content (AvgIpc) is 3.11. The Balaban J connectivity index is 2.15. The maximum absolute atomic E-state index is 4.69. The van der Waals surface area contributed by atoms with Crippen LogP contribution in [0.4, 0.5) is 5.69 Å². The van der Waals surface area contributed by atoms with Gasteiger partial charge in [0.15, 0.2) is 0 Å². The van der Waals surface area contributed by atoms with E-state index >= 15 is 0 Å². The lowest BCUT2D eigenvalue weighted by molar-refractivity contribution is 0.577. The molecule has 1 aromatic rings. The van der Waals surface area contributed by atoms with Gasteiger partial charge in [-0.3, -0.25) is 0 Å². The molecular weight excluding hydrogens is 224 g/mol. The molecule has 4 heteroatoms. The Hall–Kier alpha value is -1.16. The lowest BCUT2D eigenvalue weighted by Gasteiger charge is -2.15. The molecular formula is C14H24N4. The van der Waals surface area contributed by atoms with Crippen molar-refractivity contribution in [3.05, 3.63) is 17.7 Å². The van der Waals surface area contributed by atoms with Crippen molar-refractivity contribution in [1.82, 2.24) is 15.3 Å². The number of anilines is 1. The van der Waals surface area contributed by atoms with E-state index in [1.165, 1.54) is 12.8 Å². The minimum atomic E-state index is 0.373. The minimum absolute atomic E-state index is 0.373. The number of nitrogens with one attached hydrogen (secondary N) is 2. The Kier molecular flexibility index (Phi) is 4.17. The second-order valence-corrected chi connectivity index (χ2v) is 5.70. The minimum Gasteiger partial charge on any atom is -0.380 e. The molecule has 1 fully saturated rings. The highest BCUT2D eigenvalue weighted by molar-refractivity contribution is 5.48. The summed E-state index contributed by atoms with van der Waals surface area (Å²) in [6.07, 6.45) is 4.48. The van der Waals surface area contributed by atoms with E-state index in [-0.39, 0.29) is 0 Å². The van der Waals surface area contributed by atoms with Crippen molar-refractivity contribution < 1.29 is 0 Å². The fourth-order valence-corrected chi connectivity index (χ4v) is 1.71. The van der Waals surface area contributed by atoms with E-state index in [1.807, 2.05) is 6.20 Å². The predicted molar refractivity (Wildman–Crippen MR) is 74.7 cm³/mol. The Morgan fingerprint density at radius 3 is 2.56 bits per heavy atom. The summed E-state index contributed by atoms with van der Waals surface area (Å²) in [7, 11) is 0. The Morgan fingerprint density at radius 2 is 2.00 bits per heavy atom. The molecule has 1 aliphatic rings. The molecule has 0 aliphatic heterocycles. The second kappa shape index (κ2) is 5.65. The van der Waals surface area contributed by atoms with Gasteiger partial charge in [-0.25, -0.2) is 9.97 Å². The molecule has 18 heavy (non-hydrogen) atoms. The van der Waals surface area contributed by atoms with Crippen molar-refractivity contribution in [2.24, 2.45) is 0 Å². The predicted octanol–water partition coefficient (Wildman–Crippen LogP) is 2.67. The van der Waals surface area contributed by atoms with Crippen LogP contribution in [0.25, 0.3) is 0 Å². The highest BCUT2D eigenvalue weighted by atomic mass is 15.0. The molecule has 4 nitrogen and oxygen atoms in total. The summed E-state index contributed by atoms with van der Waals surface area (Å²) in [5.41, 5.74) is 2.18. The van der Waals surface area contributed by atoms with Gasteiger partial charge in [0.25, 0.3) is 0 Å². The fourth-order valence-electron chi connectivity index (χ4n) is 1.71. The lowest BCUT2D eigenvalue weighted by Crippen LogP contribution is -2.24. The molecule has 2 N–H and O–H groups in total. The third-order valence-corrected chi connectivity index (χ3v) is 3.02. The summed E-state index contributed by atoms with van der Waals surface area (Å²) in [4.78, 5) is 9.13. The number of aromatic nitrogens is 2. The molecule has 0 aromatic carbocycles. The first kappa shape index (κ1) is 13.3. The normalized spacial score (nSPS) is 15.4. The summed E-state index contributed by atoms with van der Waals surface area (Å²) in [5, 5.41) is 6.94. The van der Waals surface area contributed by atoms with Gasteiger partial charge in [0.05, 0.1) is 17.6 Å². The van der Waals surface area contributed by atoms with E-state index in [1.54, 1.807) is 0 Å². The molecule has 0 radical (unpaired) electrons. The third kappa shape index (κ3) is 3.67. The van der Waals surface area contributed by atoms with Crippen LogP contribution in [0, 0.1) is 0 Å². The molecule has 1 heterocycles. The maximum Gasteiger partial charge on any atom is 0.131 e. The standard InChI is InChI=1S/C14H24N4/c1-9(2)14-16-8-12(17-11-5-6-11)13(18-14)7-15-10(3)4/h8-11,15,17H,5-7H2,1-4H3. The third-order valence-electron chi connectivity index (χ3n) is 3.02. The van der Waals surface area contributed by atoms with Crippen LogP contribution in [-0.4, -0.2) is 22.1 Å². The lowest BCUT2D eigenvalue weighted by atomic mass is 10.2. The van der Waals surface area contributed by atoms with Crippen molar-refractivity contribution >= 4 is 5.69 Å². The molecule has 2 rings (SSSR count). The van der Waals surface area contributed by atoms with Crippen molar-refractivity contribution in [3.63, 3.8) is 0 Å². The molecule has 0 spiro atoms. The Bertz CT molecular complexity index is 397. The molecule has 1 aromatic heterocycles. The number of nitrogens with zero attached hydrogens (tertiary/aromatic N) is 2. The van der Waals surface area contributed by atoms with Crippen LogP contribution >= 0.6 is 0 Å². The van der Waals surface area contributed by atoms with Crippen LogP contribution < -0.4 is 10.6 Å². The van der Waals surface area contributed by atoms with Crippen LogP contribution in [0.3, 0.4) is 0 Å². The average molecular weight is 248 g/mol. The topological polar surface area (TPSA) is 49.8 Å². The molecule has 1 aliphatic carbocycles. The van der Waals surface area contributed by atoms with Crippen LogP contribution in [0.15, 0.2) is 6.20 Å². The largest absolute Gasteiger partial charge is 0.380 e. The van der Waals surface area contributed by atoms with Crippen molar-refractivity contribution in [1.29, 1.82) is 0 Å².